The predicted molar refractivity (Wildman–Crippen MR) is 193 cm³/mol. The zero-order valence-corrected chi connectivity index (χ0v) is 30.1. The molecule has 1 aliphatic carbocycles. The van der Waals surface area contributed by atoms with Crippen molar-refractivity contribution in [2.75, 3.05) is 39.5 Å². The standard InChI is InChI=1S/C40H46F6N4O3/c1-27-8-4-6-10-32(27)25-49-37(33-22-34(39(41,42)43)24-35(23-33)40(44,45)46)50(29(3)36-11-7-5-9-28(36)2)26-30-12-14-31(15-13-30)38(51)48-17-19-53-21-20-52-18-16-47/h4-15,22,24,29,35H,16-21,23,25-26,47H2,1-3H3,(H,48,51). The molecule has 1 aliphatic rings. The van der Waals surface area contributed by atoms with Crippen molar-refractivity contribution in [1.29, 1.82) is 0 Å². The topological polar surface area (TPSA) is 89.2 Å². The Morgan fingerprint density at radius 1 is 0.906 bits per heavy atom. The van der Waals surface area contributed by atoms with Crippen molar-refractivity contribution in [3.05, 3.63) is 129 Å². The van der Waals surface area contributed by atoms with Gasteiger partial charge in [0, 0.05) is 25.2 Å². The van der Waals surface area contributed by atoms with Crippen LogP contribution in [-0.4, -0.2) is 68.5 Å². The number of hydrogen-bond acceptors (Lipinski definition) is 5. The lowest BCUT2D eigenvalue weighted by Gasteiger charge is -2.36. The quantitative estimate of drug-likeness (QED) is 0.0669. The lowest BCUT2D eigenvalue weighted by atomic mass is 9.87. The van der Waals surface area contributed by atoms with Crippen LogP contribution in [0.15, 0.2) is 101 Å². The van der Waals surface area contributed by atoms with Crippen LogP contribution in [0.3, 0.4) is 0 Å². The van der Waals surface area contributed by atoms with Gasteiger partial charge >= 0.3 is 12.4 Å². The van der Waals surface area contributed by atoms with Gasteiger partial charge in [-0.1, -0.05) is 66.7 Å². The number of ether oxygens (including phenoxy) is 2. The van der Waals surface area contributed by atoms with Gasteiger partial charge in [0.15, 0.2) is 0 Å². The van der Waals surface area contributed by atoms with Crippen LogP contribution in [0.1, 0.15) is 57.6 Å². The number of aryl methyl sites for hydroxylation is 2. The summed E-state index contributed by atoms with van der Waals surface area (Å²) in [4.78, 5) is 19.4. The van der Waals surface area contributed by atoms with Crippen LogP contribution in [0.25, 0.3) is 0 Å². The molecule has 3 N–H and O–H groups in total. The van der Waals surface area contributed by atoms with Gasteiger partial charge in [-0.05, 0) is 78.8 Å². The molecule has 2 unspecified atom stereocenters. The number of amides is 1. The summed E-state index contributed by atoms with van der Waals surface area (Å²) in [5.74, 6) is -2.66. The Labute approximate surface area is 306 Å². The second kappa shape index (κ2) is 19.0. The number of rotatable bonds is 16. The molecule has 3 aromatic carbocycles. The maximum absolute atomic E-state index is 14.2. The molecule has 0 heterocycles. The van der Waals surface area contributed by atoms with Crippen molar-refractivity contribution in [3.63, 3.8) is 0 Å². The molecule has 4 rings (SSSR count). The number of benzene rings is 3. The second-order valence-electron chi connectivity index (χ2n) is 12.8. The Morgan fingerprint density at radius 2 is 1.55 bits per heavy atom. The molecule has 0 fully saturated rings. The molecular weight excluding hydrogens is 698 g/mol. The molecule has 0 saturated heterocycles. The molecule has 0 saturated carbocycles. The molecule has 0 aliphatic heterocycles. The summed E-state index contributed by atoms with van der Waals surface area (Å²) in [7, 11) is 0. The summed E-state index contributed by atoms with van der Waals surface area (Å²) in [5.41, 5.74) is 8.27. The molecule has 13 heteroatoms. The molecule has 2 atom stereocenters. The van der Waals surface area contributed by atoms with Gasteiger partial charge < -0.3 is 25.4 Å². The van der Waals surface area contributed by atoms with Crippen LogP contribution in [-0.2, 0) is 22.6 Å². The number of amidine groups is 1. The smallest absolute Gasteiger partial charge is 0.378 e. The van der Waals surface area contributed by atoms with E-state index in [1.807, 2.05) is 63.2 Å². The first-order valence-corrected chi connectivity index (χ1v) is 17.4. The monoisotopic (exact) mass is 744 g/mol. The molecule has 3 aromatic rings. The summed E-state index contributed by atoms with van der Waals surface area (Å²) in [6.45, 7) is 7.87. The van der Waals surface area contributed by atoms with Crippen molar-refractivity contribution in [2.45, 2.75) is 58.7 Å². The van der Waals surface area contributed by atoms with Crippen LogP contribution in [0, 0.1) is 19.8 Å². The van der Waals surface area contributed by atoms with E-state index in [0.717, 1.165) is 28.3 Å². The second-order valence-corrected chi connectivity index (χ2v) is 12.8. The van der Waals surface area contributed by atoms with Crippen LogP contribution >= 0.6 is 0 Å². The average molecular weight is 745 g/mol. The largest absolute Gasteiger partial charge is 0.416 e. The lowest BCUT2D eigenvalue weighted by molar-refractivity contribution is -0.162. The minimum atomic E-state index is -5.01. The number of nitrogens with zero attached hydrogens (tertiary/aromatic N) is 2. The maximum atomic E-state index is 14.2. The molecule has 53 heavy (non-hydrogen) atoms. The Hall–Kier alpha value is -4.46. The Bertz CT molecular complexity index is 1750. The summed E-state index contributed by atoms with van der Waals surface area (Å²) in [5, 5.41) is 2.79. The highest BCUT2D eigenvalue weighted by Gasteiger charge is 2.45. The van der Waals surface area contributed by atoms with Crippen molar-refractivity contribution < 1.29 is 40.6 Å². The minimum absolute atomic E-state index is 0.0294. The molecule has 286 valence electrons. The van der Waals surface area contributed by atoms with Crippen LogP contribution in [0.2, 0.25) is 0 Å². The van der Waals surface area contributed by atoms with Crippen molar-refractivity contribution in [3.8, 4) is 0 Å². The Morgan fingerprint density at radius 3 is 2.17 bits per heavy atom. The van der Waals surface area contributed by atoms with Gasteiger partial charge in [0.1, 0.15) is 5.84 Å². The lowest BCUT2D eigenvalue weighted by Crippen LogP contribution is -2.37. The fourth-order valence-electron chi connectivity index (χ4n) is 6.00. The normalized spacial score (nSPS) is 15.8. The highest BCUT2D eigenvalue weighted by molar-refractivity contribution is 5.99. The van der Waals surface area contributed by atoms with E-state index in [9.17, 15) is 31.1 Å². The number of halogens is 6. The van der Waals surface area contributed by atoms with Crippen LogP contribution in [0.5, 0.6) is 0 Å². The Kier molecular flexibility index (Phi) is 14.8. The zero-order valence-electron chi connectivity index (χ0n) is 30.1. The number of hydrogen-bond donors (Lipinski definition) is 2. The number of nitrogens with one attached hydrogen (secondary N) is 1. The summed E-state index contributed by atoms with van der Waals surface area (Å²) >= 11 is 0. The summed E-state index contributed by atoms with van der Waals surface area (Å²) in [6.07, 6.45) is -9.59. The fraction of sp³-hybridized carbons (Fsp3) is 0.400. The summed E-state index contributed by atoms with van der Waals surface area (Å²) < 4.78 is 95.8. The molecule has 0 radical (unpaired) electrons. The van der Waals surface area contributed by atoms with Gasteiger partial charge in [-0.2, -0.15) is 26.3 Å². The van der Waals surface area contributed by atoms with E-state index in [2.05, 4.69) is 5.32 Å². The van der Waals surface area contributed by atoms with Crippen LogP contribution < -0.4 is 11.1 Å². The highest BCUT2D eigenvalue weighted by atomic mass is 19.4. The average Bonchev–Trinajstić information content (AvgIpc) is 3.12. The molecule has 7 nitrogen and oxygen atoms in total. The van der Waals surface area contributed by atoms with E-state index in [4.69, 9.17) is 20.2 Å². The molecule has 0 bridgehead atoms. The predicted octanol–water partition coefficient (Wildman–Crippen LogP) is 8.18. The van der Waals surface area contributed by atoms with E-state index in [-0.39, 0.29) is 49.6 Å². The van der Waals surface area contributed by atoms with Crippen molar-refractivity contribution in [1.82, 2.24) is 10.2 Å². The first-order valence-electron chi connectivity index (χ1n) is 17.4. The number of aliphatic imine (C=N–C) groups is 1. The van der Waals surface area contributed by atoms with Crippen molar-refractivity contribution in [2.24, 2.45) is 16.6 Å². The molecule has 1 amide bonds. The van der Waals surface area contributed by atoms with E-state index >= 15 is 0 Å². The van der Waals surface area contributed by atoms with E-state index < -0.39 is 36.3 Å². The third kappa shape index (κ3) is 12.0. The zero-order chi connectivity index (χ0) is 38.6. The maximum Gasteiger partial charge on any atom is 0.416 e. The van der Waals surface area contributed by atoms with Gasteiger partial charge in [0.05, 0.1) is 50.5 Å². The van der Waals surface area contributed by atoms with Crippen molar-refractivity contribution >= 4 is 11.7 Å². The third-order valence-electron chi connectivity index (χ3n) is 8.96. The minimum Gasteiger partial charge on any atom is -0.378 e. The van der Waals surface area contributed by atoms with Gasteiger partial charge in [-0.3, -0.25) is 9.79 Å². The van der Waals surface area contributed by atoms with Gasteiger partial charge in [-0.25, -0.2) is 0 Å². The first-order chi connectivity index (χ1) is 25.2. The number of allylic oxidation sites excluding steroid dienone is 3. The number of alkyl halides is 6. The Balaban J connectivity index is 1.70. The molecule has 0 aromatic heterocycles. The van der Waals surface area contributed by atoms with E-state index in [1.165, 1.54) is 0 Å². The fourth-order valence-corrected chi connectivity index (χ4v) is 6.00. The van der Waals surface area contributed by atoms with Crippen LogP contribution in [0.4, 0.5) is 26.3 Å². The van der Waals surface area contributed by atoms with Gasteiger partial charge in [0.2, 0.25) is 0 Å². The number of carbonyl (C=O) groups is 1. The van der Waals surface area contributed by atoms with E-state index in [1.54, 1.807) is 35.2 Å². The van der Waals surface area contributed by atoms with E-state index in [0.29, 0.717) is 37.5 Å². The summed E-state index contributed by atoms with van der Waals surface area (Å²) in [6, 6.07) is 21.0. The van der Waals surface area contributed by atoms with Gasteiger partial charge in [-0.15, -0.1) is 0 Å². The highest BCUT2D eigenvalue weighted by Crippen LogP contribution is 2.42. The SMILES string of the molecule is Cc1ccccc1CN=C(C1=CC(C(F)(F)F)=CC(C(F)(F)F)C1)N(Cc1ccc(C(=O)NCCOCCOCCN)cc1)C(C)c1ccccc1C. The van der Waals surface area contributed by atoms with Gasteiger partial charge in [0.25, 0.3) is 5.91 Å². The molecular formula is C40H46F6N4O3. The number of carbonyl (C=O) groups excluding carboxylic acids is 1. The first kappa shape index (κ1) is 41.3. The number of nitrogens with two attached hydrogens (primary N) is 1. The molecule has 0 spiro atoms. The third-order valence-corrected chi connectivity index (χ3v) is 8.96.